The number of aromatic nitrogens is 1. The molecule has 5 atom stereocenters. The number of amides is 4. The Morgan fingerprint density at radius 1 is 1.15 bits per heavy atom. The van der Waals surface area contributed by atoms with Crippen LogP contribution in [-0.4, -0.2) is 60.2 Å². The molecule has 0 radical (unpaired) electrons. The normalized spacial score (nSPS) is 21.1. The molecule has 12 nitrogen and oxygen atoms in total. The van der Waals surface area contributed by atoms with Gasteiger partial charge >= 0.3 is 0 Å². The highest BCUT2D eigenvalue weighted by Gasteiger charge is 2.39. The summed E-state index contributed by atoms with van der Waals surface area (Å²) in [6, 6.07) is 1.73. The molecule has 0 aliphatic heterocycles. The highest BCUT2D eigenvalue weighted by atomic mass is 79.9. The molecule has 0 saturated heterocycles. The lowest BCUT2D eigenvalue weighted by Gasteiger charge is -2.45. The van der Waals surface area contributed by atoms with Crippen LogP contribution in [0, 0.1) is 17.8 Å². The minimum absolute atomic E-state index is 0.0812. The number of likely N-dealkylation sites (N-methyl/N-ethyl adjacent to an activating group) is 1. The van der Waals surface area contributed by atoms with Crippen LogP contribution in [0.1, 0.15) is 68.0 Å². The summed E-state index contributed by atoms with van der Waals surface area (Å²) in [6.07, 6.45) is 7.68. The average molecular weight is 786 g/mol. The summed E-state index contributed by atoms with van der Waals surface area (Å²) in [5, 5.41) is 10.6. The van der Waals surface area contributed by atoms with Crippen LogP contribution < -0.4 is 31.6 Å². The zero-order valence-electron chi connectivity index (χ0n) is 26.0. The smallest absolute Gasteiger partial charge is 0.287 e. The van der Waals surface area contributed by atoms with Gasteiger partial charge in [-0.1, -0.05) is 26.2 Å². The van der Waals surface area contributed by atoms with Gasteiger partial charge in [0.05, 0.1) is 15.4 Å². The summed E-state index contributed by atoms with van der Waals surface area (Å²) in [5.74, 6) is -1.45. The Kier molecular flexibility index (Phi) is 12.6. The topological polar surface area (TPSA) is 165 Å². The second kappa shape index (κ2) is 16.2. The van der Waals surface area contributed by atoms with E-state index >= 15 is 0 Å². The Hall–Kier alpha value is -3.04. The van der Waals surface area contributed by atoms with E-state index in [1.165, 1.54) is 43.8 Å². The number of nitrogens with one attached hydrogen (secondary N) is 4. The fourth-order valence-corrected chi connectivity index (χ4v) is 8.76. The predicted molar refractivity (Wildman–Crippen MR) is 181 cm³/mol. The standard InChI is InChI=1S/C31H39Br2N5O7S/c1-4-17-13-16-7-5-8-18(14-16)24(17)37-22(40)15-38-12-6-9-20(31(38)44)36-28(41)19(10-11-21(39)29(42)34-2)35-30(43)26-25(45-3)23(32)27(33)46-26/h6,9,12,16-19,24H,4-5,7-8,10-11,13-15H2,1-3H3,(H,34,42)(H,35,43)(H,36,41)(H,37,40)/t16?,17?,18?,19-,24?/m0/s1. The zero-order valence-corrected chi connectivity index (χ0v) is 29.9. The first-order chi connectivity index (χ1) is 22.0. The summed E-state index contributed by atoms with van der Waals surface area (Å²) < 4.78 is 7.67. The molecule has 250 valence electrons. The molecule has 0 aromatic carbocycles. The average Bonchev–Trinajstić information content (AvgIpc) is 3.34. The first-order valence-electron chi connectivity index (χ1n) is 15.3. The Morgan fingerprint density at radius 2 is 1.91 bits per heavy atom. The summed E-state index contributed by atoms with van der Waals surface area (Å²) >= 11 is 7.76. The van der Waals surface area contributed by atoms with Gasteiger partial charge in [0.1, 0.15) is 23.2 Å². The summed E-state index contributed by atoms with van der Waals surface area (Å²) in [4.78, 5) is 77.4. The van der Waals surface area contributed by atoms with E-state index in [0.29, 0.717) is 20.1 Å². The number of carbonyl (C=O) groups excluding carboxylic acids is 5. The first kappa shape index (κ1) is 35.8. The van der Waals surface area contributed by atoms with Gasteiger partial charge in [-0.25, -0.2) is 0 Å². The zero-order chi connectivity index (χ0) is 33.5. The number of anilines is 1. The molecule has 2 aromatic heterocycles. The molecule has 2 aliphatic rings. The van der Waals surface area contributed by atoms with Crippen molar-refractivity contribution in [2.45, 2.75) is 76.9 Å². The maximum Gasteiger partial charge on any atom is 0.287 e. The number of ether oxygens (including phenoxy) is 1. The van der Waals surface area contributed by atoms with Crippen molar-refractivity contribution in [2.75, 3.05) is 19.5 Å². The van der Waals surface area contributed by atoms with E-state index < -0.39 is 35.1 Å². The van der Waals surface area contributed by atoms with Crippen molar-refractivity contribution >= 4 is 78.3 Å². The van der Waals surface area contributed by atoms with Crippen LogP contribution in [0.3, 0.4) is 0 Å². The maximum atomic E-state index is 13.5. The minimum atomic E-state index is -1.29. The molecule has 2 saturated carbocycles. The molecule has 2 bridgehead atoms. The number of fused-ring (bicyclic) bond motifs is 2. The van der Waals surface area contributed by atoms with Crippen LogP contribution in [-0.2, 0) is 25.7 Å². The third-order valence-corrected chi connectivity index (χ3v) is 12.3. The fourth-order valence-electron chi connectivity index (χ4n) is 6.57. The van der Waals surface area contributed by atoms with Gasteiger partial charge in [-0.3, -0.25) is 28.8 Å². The van der Waals surface area contributed by atoms with E-state index in [1.54, 1.807) is 6.07 Å². The molecule has 2 heterocycles. The van der Waals surface area contributed by atoms with E-state index in [4.69, 9.17) is 4.74 Å². The third-order valence-electron chi connectivity index (χ3n) is 8.86. The number of methoxy groups -OCH3 is 1. The Bertz CT molecular complexity index is 1540. The van der Waals surface area contributed by atoms with E-state index in [-0.39, 0.29) is 47.6 Å². The van der Waals surface area contributed by atoms with Gasteiger partial charge in [0, 0.05) is 25.7 Å². The van der Waals surface area contributed by atoms with Crippen molar-refractivity contribution < 1.29 is 28.7 Å². The summed E-state index contributed by atoms with van der Waals surface area (Å²) in [7, 11) is 2.71. The van der Waals surface area contributed by atoms with Gasteiger partial charge in [-0.2, -0.15) is 0 Å². The van der Waals surface area contributed by atoms with Crippen molar-refractivity contribution in [1.82, 2.24) is 20.5 Å². The Morgan fingerprint density at radius 3 is 2.61 bits per heavy atom. The number of ketones is 1. The van der Waals surface area contributed by atoms with E-state index in [1.807, 2.05) is 0 Å². The number of Topliss-reactive ketones (excluding diaryl/α,β-unsaturated/α-hetero) is 1. The van der Waals surface area contributed by atoms with Crippen LogP contribution in [0.4, 0.5) is 5.69 Å². The summed E-state index contributed by atoms with van der Waals surface area (Å²) in [5.41, 5.74) is -0.700. The number of thiophene rings is 1. The van der Waals surface area contributed by atoms with Crippen molar-refractivity contribution in [3.63, 3.8) is 0 Å². The molecule has 2 aromatic rings. The molecule has 4 N–H and O–H groups in total. The minimum Gasteiger partial charge on any atom is -0.494 e. The van der Waals surface area contributed by atoms with E-state index in [0.717, 1.165) is 42.9 Å². The first-order valence-corrected chi connectivity index (χ1v) is 17.7. The van der Waals surface area contributed by atoms with Crippen molar-refractivity contribution in [2.24, 2.45) is 17.8 Å². The molecule has 15 heteroatoms. The fraction of sp³-hybridized carbons (Fsp3) is 0.548. The SMILES string of the molecule is CCC1CC2CCCC(C2)C1NC(=O)Cn1cccc(NC(=O)[C@H](CCC(=O)C(=O)NC)NC(=O)c2sc(Br)c(Br)c2OC)c1=O. The van der Waals surface area contributed by atoms with Gasteiger partial charge in [0.25, 0.3) is 17.4 Å². The van der Waals surface area contributed by atoms with Gasteiger partial charge in [0.2, 0.25) is 17.6 Å². The molecule has 2 aliphatic carbocycles. The number of nitrogens with zero attached hydrogens (tertiary/aromatic N) is 1. The lowest BCUT2D eigenvalue weighted by molar-refractivity contribution is -0.137. The van der Waals surface area contributed by atoms with Crippen LogP contribution in [0.15, 0.2) is 31.4 Å². The number of halogens is 2. The highest BCUT2D eigenvalue weighted by molar-refractivity contribution is 9.13. The molecule has 0 spiro atoms. The van der Waals surface area contributed by atoms with Gasteiger partial charge in [-0.05, 0) is 87.4 Å². The van der Waals surface area contributed by atoms with Crippen LogP contribution in [0.5, 0.6) is 5.75 Å². The van der Waals surface area contributed by atoms with Crippen LogP contribution in [0.2, 0.25) is 0 Å². The second-order valence-corrected chi connectivity index (χ2v) is 14.9. The molecular weight excluding hydrogens is 746 g/mol. The highest BCUT2D eigenvalue weighted by Crippen LogP contribution is 2.44. The number of carbonyl (C=O) groups is 5. The molecule has 46 heavy (non-hydrogen) atoms. The predicted octanol–water partition coefficient (Wildman–Crippen LogP) is 4.00. The lowest BCUT2D eigenvalue weighted by atomic mass is 9.64. The summed E-state index contributed by atoms with van der Waals surface area (Å²) in [6.45, 7) is 1.94. The monoisotopic (exact) mass is 783 g/mol. The van der Waals surface area contributed by atoms with Crippen LogP contribution >= 0.6 is 43.2 Å². The number of pyridine rings is 1. The van der Waals surface area contributed by atoms with E-state index in [9.17, 15) is 28.8 Å². The van der Waals surface area contributed by atoms with Crippen molar-refractivity contribution in [1.29, 1.82) is 0 Å². The maximum absolute atomic E-state index is 13.5. The molecule has 4 unspecified atom stereocenters. The van der Waals surface area contributed by atoms with Gasteiger partial charge in [-0.15, -0.1) is 11.3 Å². The van der Waals surface area contributed by atoms with Gasteiger partial charge in [0.15, 0.2) is 5.75 Å². The van der Waals surface area contributed by atoms with Crippen LogP contribution in [0.25, 0.3) is 0 Å². The third kappa shape index (κ3) is 8.45. The van der Waals surface area contributed by atoms with Crippen molar-refractivity contribution in [3.8, 4) is 5.75 Å². The molecule has 4 amide bonds. The molecule has 2 fully saturated rings. The Balaban J connectivity index is 1.48. The number of rotatable bonds is 13. The number of hydrogen-bond acceptors (Lipinski definition) is 8. The lowest BCUT2D eigenvalue weighted by Crippen LogP contribution is -2.51. The second-order valence-electron chi connectivity index (χ2n) is 11.8. The largest absolute Gasteiger partial charge is 0.494 e. The Labute approximate surface area is 288 Å². The van der Waals surface area contributed by atoms with E-state index in [2.05, 4.69) is 60.1 Å². The number of hydrogen-bond donors (Lipinski definition) is 4. The molecular formula is C31H39Br2N5O7S. The van der Waals surface area contributed by atoms with Crippen molar-refractivity contribution in [3.05, 3.63) is 41.8 Å². The quantitative estimate of drug-likeness (QED) is 0.223. The molecule has 4 rings (SSSR count). The van der Waals surface area contributed by atoms with Gasteiger partial charge < -0.3 is 30.6 Å².